The summed E-state index contributed by atoms with van der Waals surface area (Å²) in [5.41, 5.74) is 0.686. The monoisotopic (exact) mass is 331 g/mol. The lowest BCUT2D eigenvalue weighted by Gasteiger charge is -2.14. The standard InChI is InChI=1S/C17H17NO6/c1-2-5-13(17(22)23)14(19)10-24-9-8-18-15(20)11-6-3-4-7-12(11)16(18)21/h2-4,6-7,13H,1,5,8-10H2,(H,22,23). The first kappa shape index (κ1) is 17.6. The van der Waals surface area contributed by atoms with Gasteiger partial charge in [-0.05, 0) is 18.6 Å². The topological polar surface area (TPSA) is 101 Å². The molecule has 24 heavy (non-hydrogen) atoms. The van der Waals surface area contributed by atoms with E-state index in [1.807, 2.05) is 0 Å². The van der Waals surface area contributed by atoms with E-state index in [-0.39, 0.29) is 19.6 Å². The van der Waals surface area contributed by atoms with E-state index in [1.54, 1.807) is 24.3 Å². The zero-order chi connectivity index (χ0) is 17.7. The Bertz CT molecular complexity index is 661. The van der Waals surface area contributed by atoms with Crippen molar-refractivity contribution in [1.29, 1.82) is 0 Å². The van der Waals surface area contributed by atoms with Crippen LogP contribution in [0.5, 0.6) is 0 Å². The Kier molecular flexibility index (Phi) is 5.59. The van der Waals surface area contributed by atoms with Gasteiger partial charge in [0.25, 0.3) is 11.8 Å². The Morgan fingerprint density at radius 3 is 2.29 bits per heavy atom. The SMILES string of the molecule is C=CCC(C(=O)O)C(=O)COCCN1C(=O)c2ccccc2C1=O. The van der Waals surface area contributed by atoms with E-state index < -0.39 is 36.1 Å². The van der Waals surface area contributed by atoms with Crippen LogP contribution in [0, 0.1) is 5.92 Å². The first-order valence-electron chi connectivity index (χ1n) is 7.36. The fourth-order valence-electron chi connectivity index (χ4n) is 2.41. The smallest absolute Gasteiger partial charge is 0.314 e. The number of hydrogen-bond acceptors (Lipinski definition) is 5. The quantitative estimate of drug-likeness (QED) is 0.315. The molecule has 0 aromatic heterocycles. The van der Waals surface area contributed by atoms with Gasteiger partial charge in [-0.3, -0.25) is 24.1 Å². The predicted octanol–water partition coefficient (Wildman–Crippen LogP) is 1.15. The maximum Gasteiger partial charge on any atom is 0.314 e. The van der Waals surface area contributed by atoms with Crippen molar-refractivity contribution in [3.05, 3.63) is 48.0 Å². The third-order valence-corrected chi connectivity index (χ3v) is 3.67. The molecule has 7 heteroatoms. The zero-order valence-corrected chi connectivity index (χ0v) is 12.9. The molecule has 1 N–H and O–H groups in total. The first-order chi connectivity index (χ1) is 11.5. The number of carbonyl (C=O) groups excluding carboxylic acids is 3. The number of aliphatic carboxylic acids is 1. The van der Waals surface area contributed by atoms with Crippen LogP contribution in [0.15, 0.2) is 36.9 Å². The highest BCUT2D eigenvalue weighted by Gasteiger charge is 2.34. The van der Waals surface area contributed by atoms with Crippen molar-refractivity contribution in [1.82, 2.24) is 4.90 Å². The number of carboxylic acids is 1. The summed E-state index contributed by atoms with van der Waals surface area (Å²) in [5, 5.41) is 8.95. The second kappa shape index (κ2) is 7.65. The molecular formula is C17H17NO6. The number of carbonyl (C=O) groups is 4. The molecule has 1 unspecified atom stereocenters. The Morgan fingerprint density at radius 2 is 1.79 bits per heavy atom. The molecule has 2 amide bonds. The van der Waals surface area contributed by atoms with Crippen molar-refractivity contribution in [2.75, 3.05) is 19.8 Å². The Morgan fingerprint density at radius 1 is 1.21 bits per heavy atom. The summed E-state index contributed by atoms with van der Waals surface area (Å²) in [4.78, 5) is 48.0. The molecule has 2 rings (SSSR count). The van der Waals surface area contributed by atoms with Gasteiger partial charge < -0.3 is 9.84 Å². The highest BCUT2D eigenvalue weighted by Crippen LogP contribution is 2.21. The summed E-state index contributed by atoms with van der Waals surface area (Å²) in [6, 6.07) is 6.50. The van der Waals surface area contributed by atoms with Crippen LogP contribution in [0.1, 0.15) is 27.1 Å². The van der Waals surface area contributed by atoms with Crippen molar-refractivity contribution < 1.29 is 29.0 Å². The van der Waals surface area contributed by atoms with Crippen LogP contribution < -0.4 is 0 Å². The van der Waals surface area contributed by atoms with Gasteiger partial charge in [-0.2, -0.15) is 0 Å². The van der Waals surface area contributed by atoms with E-state index in [0.29, 0.717) is 11.1 Å². The molecule has 0 fully saturated rings. The van der Waals surface area contributed by atoms with E-state index in [4.69, 9.17) is 9.84 Å². The fourth-order valence-corrected chi connectivity index (χ4v) is 2.41. The number of fused-ring (bicyclic) bond motifs is 1. The largest absolute Gasteiger partial charge is 0.481 e. The Labute approximate surface area is 138 Å². The van der Waals surface area contributed by atoms with Gasteiger partial charge in [-0.1, -0.05) is 18.2 Å². The maximum absolute atomic E-state index is 12.1. The molecule has 1 aromatic carbocycles. The van der Waals surface area contributed by atoms with Crippen molar-refractivity contribution in [3.63, 3.8) is 0 Å². The number of hydrogen-bond donors (Lipinski definition) is 1. The van der Waals surface area contributed by atoms with Crippen molar-refractivity contribution in [3.8, 4) is 0 Å². The fraction of sp³-hybridized carbons (Fsp3) is 0.294. The van der Waals surface area contributed by atoms with Crippen LogP contribution in [0.25, 0.3) is 0 Å². The van der Waals surface area contributed by atoms with E-state index in [2.05, 4.69) is 6.58 Å². The maximum atomic E-state index is 12.1. The van der Waals surface area contributed by atoms with Crippen LogP contribution in [0.2, 0.25) is 0 Å². The van der Waals surface area contributed by atoms with Gasteiger partial charge >= 0.3 is 5.97 Å². The molecule has 1 atom stereocenters. The number of amides is 2. The molecule has 7 nitrogen and oxygen atoms in total. The summed E-state index contributed by atoms with van der Waals surface area (Å²) in [7, 11) is 0. The van der Waals surface area contributed by atoms with Crippen molar-refractivity contribution in [2.45, 2.75) is 6.42 Å². The average molecular weight is 331 g/mol. The summed E-state index contributed by atoms with van der Waals surface area (Å²) >= 11 is 0. The average Bonchev–Trinajstić information content (AvgIpc) is 2.81. The molecule has 0 bridgehead atoms. The van der Waals surface area contributed by atoms with E-state index in [9.17, 15) is 19.2 Å². The lowest BCUT2D eigenvalue weighted by molar-refractivity contribution is -0.147. The number of ketones is 1. The lowest BCUT2D eigenvalue weighted by Crippen LogP contribution is -2.34. The second-order valence-electron chi connectivity index (χ2n) is 5.24. The van der Waals surface area contributed by atoms with Gasteiger partial charge in [0.2, 0.25) is 0 Å². The molecule has 0 saturated carbocycles. The normalized spacial score (nSPS) is 14.4. The van der Waals surface area contributed by atoms with Crippen molar-refractivity contribution >= 4 is 23.6 Å². The molecule has 1 aliphatic heterocycles. The Balaban J connectivity index is 1.84. The molecule has 1 aromatic rings. The number of carboxylic acid groups (broad SMARTS) is 1. The van der Waals surface area contributed by atoms with Gasteiger partial charge in [-0.15, -0.1) is 6.58 Å². The Hall–Kier alpha value is -2.80. The number of rotatable bonds is 9. The van der Waals surface area contributed by atoms with Gasteiger partial charge in [0.1, 0.15) is 12.5 Å². The molecular weight excluding hydrogens is 314 g/mol. The highest BCUT2D eigenvalue weighted by atomic mass is 16.5. The third kappa shape index (κ3) is 3.57. The number of ether oxygens (including phenoxy) is 1. The number of imide groups is 1. The first-order valence-corrected chi connectivity index (χ1v) is 7.36. The van der Waals surface area contributed by atoms with E-state index in [0.717, 1.165) is 4.90 Å². The molecule has 126 valence electrons. The van der Waals surface area contributed by atoms with Gasteiger partial charge in [0, 0.05) is 0 Å². The summed E-state index contributed by atoms with van der Waals surface area (Å²) in [6.07, 6.45) is 1.38. The number of benzene rings is 1. The molecule has 0 aliphatic carbocycles. The van der Waals surface area contributed by atoms with Gasteiger partial charge in [0.15, 0.2) is 5.78 Å². The minimum absolute atomic E-state index is 0.00117. The van der Waals surface area contributed by atoms with Gasteiger partial charge in [-0.25, -0.2) is 0 Å². The van der Waals surface area contributed by atoms with Crippen LogP contribution in [-0.2, 0) is 14.3 Å². The summed E-state index contributed by atoms with van der Waals surface area (Å²) < 4.78 is 5.14. The molecule has 0 saturated heterocycles. The van der Waals surface area contributed by atoms with E-state index in [1.165, 1.54) is 6.08 Å². The van der Waals surface area contributed by atoms with Crippen molar-refractivity contribution in [2.24, 2.45) is 5.92 Å². The van der Waals surface area contributed by atoms with E-state index >= 15 is 0 Å². The van der Waals surface area contributed by atoms with Crippen LogP contribution >= 0.6 is 0 Å². The summed E-state index contributed by atoms with van der Waals surface area (Å²) in [6.45, 7) is 2.97. The van der Waals surface area contributed by atoms with Crippen LogP contribution in [0.4, 0.5) is 0 Å². The number of nitrogens with zero attached hydrogens (tertiary/aromatic N) is 1. The molecule has 1 aliphatic rings. The zero-order valence-electron chi connectivity index (χ0n) is 12.9. The van der Waals surface area contributed by atoms with Gasteiger partial charge in [0.05, 0.1) is 24.3 Å². The minimum Gasteiger partial charge on any atom is -0.481 e. The molecule has 0 spiro atoms. The molecule has 0 radical (unpaired) electrons. The highest BCUT2D eigenvalue weighted by molar-refractivity contribution is 6.21. The lowest BCUT2D eigenvalue weighted by atomic mass is 10.0. The van der Waals surface area contributed by atoms with Crippen LogP contribution in [0.3, 0.4) is 0 Å². The number of allylic oxidation sites excluding steroid dienone is 1. The third-order valence-electron chi connectivity index (χ3n) is 3.67. The molecule has 1 heterocycles. The minimum atomic E-state index is -1.23. The number of Topliss-reactive ketones (excluding diaryl/α,β-unsaturated/α-hetero) is 1. The second-order valence-corrected chi connectivity index (χ2v) is 5.24. The van der Waals surface area contributed by atoms with Crippen LogP contribution in [-0.4, -0.2) is 53.3 Å². The summed E-state index contributed by atoms with van der Waals surface area (Å²) in [5.74, 6) is -3.81. The predicted molar refractivity (Wildman–Crippen MR) is 83.6 cm³/mol.